The van der Waals surface area contributed by atoms with Crippen LogP contribution >= 0.6 is 0 Å². The van der Waals surface area contributed by atoms with Crippen molar-refractivity contribution in [1.82, 2.24) is 0 Å². The minimum Gasteiger partial charge on any atom is -0.391 e. The molecular weight excluding hydrogens is 312 g/mol. The van der Waals surface area contributed by atoms with Gasteiger partial charge in [0.25, 0.3) is 0 Å². The van der Waals surface area contributed by atoms with Gasteiger partial charge in [0.15, 0.2) is 0 Å². The monoisotopic (exact) mass is 338 g/mol. The number of hydrogen-bond acceptors (Lipinski definition) is 2. The van der Waals surface area contributed by atoms with Crippen LogP contribution in [0.5, 0.6) is 0 Å². The fraction of sp³-hybridized carbons (Fsp3) is 0.286. The number of benzene rings is 2. The molecule has 2 aromatic rings. The maximum absolute atomic E-state index is 9.80. The Hall–Kier alpha value is -1.90. The molecule has 0 aromatic heterocycles. The lowest BCUT2D eigenvalue weighted by atomic mass is 10.1. The van der Waals surface area contributed by atoms with Crippen LogP contribution in [0.15, 0.2) is 77.2 Å². The van der Waals surface area contributed by atoms with E-state index in [2.05, 4.69) is 55.2 Å². The summed E-state index contributed by atoms with van der Waals surface area (Å²) in [6.45, 7) is 5.18. The maximum atomic E-state index is 9.80. The van der Waals surface area contributed by atoms with Crippen LogP contribution in [-0.2, 0) is 11.2 Å². The Morgan fingerprint density at radius 3 is 2.12 bits per heavy atom. The SMILES string of the molecule is COCC(=C=C(CO)Cc1ccccc1)[Si](C)(C)c1ccccc1. The Bertz CT molecular complexity index is 699. The molecule has 0 aliphatic carbocycles. The van der Waals surface area contributed by atoms with Crippen molar-refractivity contribution >= 4 is 13.3 Å². The highest BCUT2D eigenvalue weighted by Gasteiger charge is 2.28. The highest BCUT2D eigenvalue weighted by molar-refractivity contribution is 6.95. The summed E-state index contributed by atoms with van der Waals surface area (Å²) in [6, 6.07) is 20.8. The van der Waals surface area contributed by atoms with Crippen LogP contribution in [0.3, 0.4) is 0 Å². The molecule has 24 heavy (non-hydrogen) atoms. The first-order valence-corrected chi connectivity index (χ1v) is 11.2. The summed E-state index contributed by atoms with van der Waals surface area (Å²) in [7, 11) is -0.162. The number of rotatable bonds is 7. The van der Waals surface area contributed by atoms with Crippen LogP contribution in [0.25, 0.3) is 0 Å². The largest absolute Gasteiger partial charge is 0.391 e. The van der Waals surface area contributed by atoms with E-state index < -0.39 is 8.07 Å². The summed E-state index contributed by atoms with van der Waals surface area (Å²) in [5, 5.41) is 12.3. The number of methoxy groups -OCH3 is 1. The van der Waals surface area contributed by atoms with Gasteiger partial charge in [0.2, 0.25) is 0 Å². The predicted molar refractivity (Wildman–Crippen MR) is 103 cm³/mol. The fourth-order valence-electron chi connectivity index (χ4n) is 2.74. The van der Waals surface area contributed by atoms with Crippen LogP contribution in [0.4, 0.5) is 0 Å². The summed E-state index contributed by atoms with van der Waals surface area (Å²) in [6.07, 6.45) is 0.712. The normalized spacial score (nSPS) is 11.0. The highest BCUT2D eigenvalue weighted by Crippen LogP contribution is 2.17. The Labute approximate surface area is 146 Å². The summed E-state index contributed by atoms with van der Waals surface area (Å²) < 4.78 is 5.45. The molecule has 0 radical (unpaired) electrons. The predicted octanol–water partition coefficient (Wildman–Crippen LogP) is 3.47. The van der Waals surface area contributed by atoms with Crippen LogP contribution in [0, 0.1) is 0 Å². The van der Waals surface area contributed by atoms with Gasteiger partial charge < -0.3 is 9.84 Å². The minimum atomic E-state index is -1.88. The molecule has 0 aliphatic rings. The van der Waals surface area contributed by atoms with Gasteiger partial charge in [-0.05, 0) is 10.8 Å². The molecule has 0 saturated heterocycles. The lowest BCUT2D eigenvalue weighted by Gasteiger charge is -2.25. The highest BCUT2D eigenvalue weighted by atomic mass is 28.3. The van der Waals surface area contributed by atoms with Crippen molar-refractivity contribution in [3.8, 4) is 0 Å². The molecule has 0 amide bonds. The molecule has 0 spiro atoms. The molecule has 2 rings (SSSR count). The topological polar surface area (TPSA) is 29.5 Å². The summed E-state index contributed by atoms with van der Waals surface area (Å²) in [5.41, 5.74) is 5.60. The summed E-state index contributed by atoms with van der Waals surface area (Å²) in [4.78, 5) is 0. The van der Waals surface area contributed by atoms with Crippen LogP contribution < -0.4 is 5.19 Å². The second kappa shape index (κ2) is 8.81. The van der Waals surface area contributed by atoms with E-state index in [1.54, 1.807) is 7.11 Å². The minimum absolute atomic E-state index is 0.0153. The number of aliphatic hydroxyl groups is 1. The standard InChI is InChI=1S/C21H26O2Si/c1-23-17-21(24(2,3)20-12-8-5-9-13-20)15-19(16-22)14-18-10-6-4-7-11-18/h4-13,22H,14,16-17H2,1-3H3. The molecular formula is C21H26O2Si. The number of ether oxygens (including phenoxy) is 1. The molecule has 3 heteroatoms. The third-order valence-electron chi connectivity index (χ3n) is 4.32. The van der Waals surface area contributed by atoms with Gasteiger partial charge in [0.05, 0.1) is 13.2 Å². The second-order valence-electron chi connectivity index (χ2n) is 6.45. The van der Waals surface area contributed by atoms with Gasteiger partial charge in [-0.1, -0.05) is 78.9 Å². The van der Waals surface area contributed by atoms with Crippen LogP contribution in [-0.4, -0.2) is 33.5 Å². The van der Waals surface area contributed by atoms with Crippen LogP contribution in [0.2, 0.25) is 13.1 Å². The van der Waals surface area contributed by atoms with Crippen molar-refractivity contribution in [2.75, 3.05) is 20.3 Å². The molecule has 0 heterocycles. The quantitative estimate of drug-likeness (QED) is 0.619. The molecule has 2 nitrogen and oxygen atoms in total. The zero-order valence-corrected chi connectivity index (χ0v) is 15.8. The van der Waals surface area contributed by atoms with E-state index in [0.29, 0.717) is 13.0 Å². The Kier molecular flexibility index (Phi) is 6.77. The molecule has 0 saturated carbocycles. The molecule has 0 aliphatic heterocycles. The fourth-order valence-corrected chi connectivity index (χ4v) is 5.11. The Morgan fingerprint density at radius 2 is 1.58 bits per heavy atom. The second-order valence-corrected chi connectivity index (χ2v) is 10.9. The van der Waals surface area contributed by atoms with Gasteiger partial charge >= 0.3 is 0 Å². The zero-order chi connectivity index (χ0) is 17.4. The molecule has 2 aromatic carbocycles. The van der Waals surface area contributed by atoms with E-state index in [0.717, 1.165) is 5.57 Å². The van der Waals surface area contributed by atoms with Crippen molar-refractivity contribution < 1.29 is 9.84 Å². The van der Waals surface area contributed by atoms with E-state index in [-0.39, 0.29) is 6.61 Å². The average Bonchev–Trinajstić information content (AvgIpc) is 2.62. The van der Waals surface area contributed by atoms with Gasteiger partial charge in [-0.2, -0.15) is 0 Å². The first-order valence-electron chi connectivity index (χ1n) is 8.25. The lowest BCUT2D eigenvalue weighted by molar-refractivity contribution is 0.230. The molecule has 0 atom stereocenters. The van der Waals surface area contributed by atoms with Crippen molar-refractivity contribution in [2.24, 2.45) is 0 Å². The van der Waals surface area contributed by atoms with E-state index in [4.69, 9.17) is 4.74 Å². The van der Waals surface area contributed by atoms with Crippen molar-refractivity contribution in [3.05, 3.63) is 82.7 Å². The zero-order valence-electron chi connectivity index (χ0n) is 14.8. The first kappa shape index (κ1) is 18.4. The van der Waals surface area contributed by atoms with Gasteiger partial charge in [-0.3, -0.25) is 0 Å². The van der Waals surface area contributed by atoms with Gasteiger partial charge in [0, 0.05) is 19.1 Å². The summed E-state index contributed by atoms with van der Waals surface area (Å²) >= 11 is 0. The van der Waals surface area contributed by atoms with E-state index in [1.165, 1.54) is 15.9 Å². The van der Waals surface area contributed by atoms with Crippen molar-refractivity contribution in [1.29, 1.82) is 0 Å². The van der Waals surface area contributed by atoms with Gasteiger partial charge in [-0.25, -0.2) is 0 Å². The third kappa shape index (κ3) is 4.79. The summed E-state index contributed by atoms with van der Waals surface area (Å²) in [5.74, 6) is 0. The third-order valence-corrected chi connectivity index (χ3v) is 7.87. The molecule has 126 valence electrons. The first-order chi connectivity index (χ1) is 11.6. The Morgan fingerprint density at radius 1 is 1.00 bits per heavy atom. The number of hydrogen-bond donors (Lipinski definition) is 1. The number of aliphatic hydroxyl groups excluding tert-OH is 1. The Balaban J connectivity index is 2.44. The van der Waals surface area contributed by atoms with E-state index >= 15 is 0 Å². The molecule has 0 bridgehead atoms. The smallest absolute Gasteiger partial charge is 0.119 e. The van der Waals surface area contributed by atoms with Crippen molar-refractivity contribution in [3.63, 3.8) is 0 Å². The van der Waals surface area contributed by atoms with Gasteiger partial charge in [-0.15, -0.1) is 5.73 Å². The lowest BCUT2D eigenvalue weighted by Crippen LogP contribution is -2.44. The van der Waals surface area contributed by atoms with Gasteiger partial charge in [0.1, 0.15) is 8.07 Å². The molecule has 0 unspecified atom stereocenters. The molecule has 0 fully saturated rings. The van der Waals surface area contributed by atoms with E-state index in [9.17, 15) is 5.11 Å². The average molecular weight is 339 g/mol. The van der Waals surface area contributed by atoms with E-state index in [1.807, 2.05) is 24.3 Å². The maximum Gasteiger partial charge on any atom is 0.119 e. The van der Waals surface area contributed by atoms with Crippen molar-refractivity contribution in [2.45, 2.75) is 19.5 Å². The molecule has 1 N–H and O–H groups in total. The van der Waals surface area contributed by atoms with Crippen LogP contribution in [0.1, 0.15) is 5.56 Å².